The van der Waals surface area contributed by atoms with Crippen molar-refractivity contribution >= 4 is 11.8 Å². The summed E-state index contributed by atoms with van der Waals surface area (Å²) in [6.45, 7) is 1.02. The van der Waals surface area contributed by atoms with Crippen molar-refractivity contribution in [2.24, 2.45) is 0 Å². The molecule has 1 aliphatic carbocycles. The highest BCUT2D eigenvalue weighted by molar-refractivity contribution is 6.00. The SMILES string of the molecule is O=C1c2ccccc2CN1[C@@H]1CCCC[C@H]1N1Cc2ccc(-c3nnc(C(F)F)o3)cc2C1=O. The largest absolute Gasteiger partial charge is 0.415 e. The molecule has 6 rings (SSSR count). The Kier molecular flexibility index (Phi) is 4.93. The molecule has 0 saturated heterocycles. The number of fused-ring (bicyclic) bond motifs is 2. The number of rotatable bonds is 4. The van der Waals surface area contributed by atoms with E-state index in [4.69, 9.17) is 4.42 Å². The molecule has 3 aliphatic rings. The van der Waals surface area contributed by atoms with E-state index in [2.05, 4.69) is 10.2 Å². The van der Waals surface area contributed by atoms with Gasteiger partial charge in [0.1, 0.15) is 0 Å². The molecule has 1 aromatic heterocycles. The Morgan fingerprint density at radius 3 is 2.15 bits per heavy atom. The van der Waals surface area contributed by atoms with Crippen molar-refractivity contribution < 1.29 is 22.8 Å². The lowest BCUT2D eigenvalue weighted by molar-refractivity contribution is 0.0323. The normalized spacial score (nSPS) is 22.0. The number of hydrogen-bond donors (Lipinski definition) is 0. The fourth-order valence-corrected chi connectivity index (χ4v) is 5.53. The summed E-state index contributed by atoms with van der Waals surface area (Å²) in [7, 11) is 0. The molecular weight excluding hydrogens is 442 g/mol. The van der Waals surface area contributed by atoms with E-state index >= 15 is 0 Å². The van der Waals surface area contributed by atoms with Crippen LogP contribution in [-0.4, -0.2) is 43.9 Å². The van der Waals surface area contributed by atoms with Gasteiger partial charge in [-0.15, -0.1) is 10.2 Å². The van der Waals surface area contributed by atoms with Crippen LogP contribution in [0.3, 0.4) is 0 Å². The monoisotopic (exact) mass is 464 g/mol. The highest BCUT2D eigenvalue weighted by Gasteiger charge is 2.43. The lowest BCUT2D eigenvalue weighted by Crippen LogP contribution is -2.53. The van der Waals surface area contributed by atoms with Crippen LogP contribution in [0.15, 0.2) is 46.9 Å². The summed E-state index contributed by atoms with van der Waals surface area (Å²) in [4.78, 5) is 30.4. The van der Waals surface area contributed by atoms with Gasteiger partial charge in [0.05, 0.1) is 12.1 Å². The third-order valence-corrected chi connectivity index (χ3v) is 7.16. The summed E-state index contributed by atoms with van der Waals surface area (Å²) >= 11 is 0. The van der Waals surface area contributed by atoms with Gasteiger partial charge in [0, 0.05) is 29.8 Å². The van der Waals surface area contributed by atoms with Crippen molar-refractivity contribution in [1.82, 2.24) is 20.0 Å². The standard InChI is InChI=1S/C25H22F2N4O3/c26-21(27)23-29-28-22(34-23)14-9-10-16-13-31(25(33)18(16)11-14)20-8-4-3-7-19(20)30-12-15-5-1-2-6-17(15)24(30)32/h1-2,5-6,9-11,19-21H,3-4,7-8,12-13H2/t19-,20-/m1/s1. The zero-order chi connectivity index (χ0) is 23.4. The van der Waals surface area contributed by atoms with E-state index in [1.54, 1.807) is 12.1 Å². The van der Waals surface area contributed by atoms with Crippen molar-refractivity contribution in [3.05, 3.63) is 70.6 Å². The second-order valence-corrected chi connectivity index (χ2v) is 9.06. The molecule has 0 unspecified atom stereocenters. The van der Waals surface area contributed by atoms with Gasteiger partial charge < -0.3 is 14.2 Å². The van der Waals surface area contributed by atoms with Crippen LogP contribution in [0, 0.1) is 0 Å². The van der Waals surface area contributed by atoms with E-state index in [0.717, 1.165) is 42.4 Å². The van der Waals surface area contributed by atoms with Gasteiger partial charge >= 0.3 is 6.43 Å². The summed E-state index contributed by atoms with van der Waals surface area (Å²) in [5.41, 5.74) is 3.58. The molecule has 2 atom stereocenters. The predicted octanol–water partition coefficient (Wildman–Crippen LogP) is 4.60. The number of nitrogens with zero attached hydrogens (tertiary/aromatic N) is 4. The van der Waals surface area contributed by atoms with Crippen molar-refractivity contribution in [3.63, 3.8) is 0 Å². The minimum atomic E-state index is -2.85. The van der Waals surface area contributed by atoms with E-state index in [0.29, 0.717) is 24.2 Å². The zero-order valence-corrected chi connectivity index (χ0v) is 18.3. The van der Waals surface area contributed by atoms with Crippen LogP contribution in [0.25, 0.3) is 11.5 Å². The third kappa shape index (κ3) is 3.29. The summed E-state index contributed by atoms with van der Waals surface area (Å²) in [5.74, 6) is -0.873. The summed E-state index contributed by atoms with van der Waals surface area (Å²) in [6, 6.07) is 12.7. The second-order valence-electron chi connectivity index (χ2n) is 9.06. The Balaban J connectivity index is 1.27. The van der Waals surface area contributed by atoms with Crippen molar-refractivity contribution in [3.8, 4) is 11.5 Å². The number of hydrogen-bond acceptors (Lipinski definition) is 5. The van der Waals surface area contributed by atoms with Crippen LogP contribution < -0.4 is 0 Å². The average molecular weight is 464 g/mol. The highest BCUT2D eigenvalue weighted by atomic mass is 19.3. The first-order valence-corrected chi connectivity index (χ1v) is 11.5. The molecule has 0 spiro atoms. The molecule has 3 heterocycles. The molecule has 0 N–H and O–H groups in total. The second kappa shape index (κ2) is 8.00. The van der Waals surface area contributed by atoms with Gasteiger partial charge in [-0.25, -0.2) is 0 Å². The Hall–Kier alpha value is -3.62. The Bertz CT molecular complexity index is 1290. The Morgan fingerprint density at radius 2 is 1.50 bits per heavy atom. The molecule has 3 aromatic rings. The van der Waals surface area contributed by atoms with Gasteiger partial charge in [-0.1, -0.05) is 37.1 Å². The van der Waals surface area contributed by atoms with Crippen LogP contribution in [0.4, 0.5) is 8.78 Å². The number of halogens is 2. The van der Waals surface area contributed by atoms with E-state index in [1.165, 1.54) is 0 Å². The van der Waals surface area contributed by atoms with Gasteiger partial charge in [-0.3, -0.25) is 9.59 Å². The molecule has 2 aromatic carbocycles. The van der Waals surface area contributed by atoms with Gasteiger partial charge in [-0.05, 0) is 42.2 Å². The smallest absolute Gasteiger partial charge is 0.314 e. The number of aromatic nitrogens is 2. The summed E-state index contributed by atoms with van der Waals surface area (Å²) in [5, 5.41) is 7.07. The first kappa shape index (κ1) is 20.9. The van der Waals surface area contributed by atoms with Gasteiger partial charge in [0.25, 0.3) is 17.7 Å². The first-order valence-electron chi connectivity index (χ1n) is 11.5. The zero-order valence-electron chi connectivity index (χ0n) is 18.3. The molecule has 2 aliphatic heterocycles. The number of amides is 2. The molecule has 2 amide bonds. The number of carbonyl (C=O) groups is 2. The number of benzene rings is 2. The van der Waals surface area contributed by atoms with Crippen molar-refractivity contribution in [2.75, 3.05) is 0 Å². The molecule has 9 heteroatoms. The summed E-state index contributed by atoms with van der Waals surface area (Å²) < 4.78 is 30.7. The van der Waals surface area contributed by atoms with E-state index in [9.17, 15) is 18.4 Å². The molecule has 0 radical (unpaired) electrons. The number of alkyl halides is 2. The van der Waals surface area contributed by atoms with Gasteiger partial charge in [0.15, 0.2) is 0 Å². The molecule has 1 fully saturated rings. The van der Waals surface area contributed by atoms with Crippen LogP contribution in [0.5, 0.6) is 0 Å². The quantitative estimate of drug-likeness (QED) is 0.564. The maximum absolute atomic E-state index is 13.5. The Morgan fingerprint density at radius 1 is 0.853 bits per heavy atom. The summed E-state index contributed by atoms with van der Waals surface area (Å²) in [6.07, 6.45) is 0.854. The molecule has 0 bridgehead atoms. The van der Waals surface area contributed by atoms with Crippen LogP contribution >= 0.6 is 0 Å². The molecular formula is C25H22F2N4O3. The fourth-order valence-electron chi connectivity index (χ4n) is 5.53. The lowest BCUT2D eigenvalue weighted by atomic mass is 9.88. The molecule has 1 saturated carbocycles. The maximum Gasteiger partial charge on any atom is 0.314 e. The molecule has 34 heavy (non-hydrogen) atoms. The van der Waals surface area contributed by atoms with E-state index in [-0.39, 0.29) is 29.8 Å². The van der Waals surface area contributed by atoms with Crippen molar-refractivity contribution in [1.29, 1.82) is 0 Å². The Labute approximate surface area is 194 Å². The molecule has 7 nitrogen and oxygen atoms in total. The van der Waals surface area contributed by atoms with E-state index in [1.807, 2.05) is 40.1 Å². The minimum absolute atomic E-state index is 0.0326. The van der Waals surface area contributed by atoms with Crippen LogP contribution in [-0.2, 0) is 13.1 Å². The lowest BCUT2D eigenvalue weighted by Gasteiger charge is -2.42. The van der Waals surface area contributed by atoms with Crippen LogP contribution in [0.2, 0.25) is 0 Å². The van der Waals surface area contributed by atoms with Gasteiger partial charge in [-0.2, -0.15) is 8.78 Å². The van der Waals surface area contributed by atoms with Gasteiger partial charge in [0.2, 0.25) is 5.89 Å². The average Bonchev–Trinajstić information content (AvgIpc) is 3.56. The third-order valence-electron chi connectivity index (χ3n) is 7.16. The fraction of sp³-hybridized carbons (Fsp3) is 0.360. The number of carbonyl (C=O) groups excluding carboxylic acids is 2. The predicted molar refractivity (Wildman–Crippen MR) is 117 cm³/mol. The minimum Gasteiger partial charge on any atom is -0.415 e. The highest BCUT2D eigenvalue weighted by Crippen LogP contribution is 2.37. The first-order chi connectivity index (χ1) is 16.5. The van der Waals surface area contributed by atoms with E-state index < -0.39 is 12.3 Å². The topological polar surface area (TPSA) is 79.5 Å². The van der Waals surface area contributed by atoms with Crippen LogP contribution in [0.1, 0.15) is 69.8 Å². The molecule has 174 valence electrons. The maximum atomic E-state index is 13.5. The van der Waals surface area contributed by atoms with Crippen molar-refractivity contribution in [2.45, 2.75) is 57.3 Å².